The highest BCUT2D eigenvalue weighted by Crippen LogP contribution is 2.39. The maximum atomic E-state index is 12.1. The molecule has 0 bridgehead atoms. The van der Waals surface area contributed by atoms with Crippen LogP contribution in [-0.2, 0) is 9.53 Å². The number of hydrogen-bond donors (Lipinski definition) is 1. The zero-order chi connectivity index (χ0) is 14.6. The van der Waals surface area contributed by atoms with Crippen LogP contribution in [0.2, 0.25) is 0 Å². The summed E-state index contributed by atoms with van der Waals surface area (Å²) in [5, 5.41) is 3.35. The Bertz CT molecular complexity index is 322. The topological polar surface area (TPSA) is 41.6 Å². The fourth-order valence-electron chi connectivity index (χ4n) is 3.81. The molecule has 2 fully saturated rings. The van der Waals surface area contributed by atoms with E-state index in [9.17, 15) is 4.79 Å². The minimum absolute atomic E-state index is 0.0400. The van der Waals surface area contributed by atoms with Crippen LogP contribution in [0.3, 0.4) is 0 Å². The average molecular weight is 282 g/mol. The molecule has 0 aromatic carbocycles. The molecule has 0 amide bonds. The molecule has 1 heterocycles. The average Bonchev–Trinajstić information content (AvgIpc) is 2.54. The van der Waals surface area contributed by atoms with Gasteiger partial charge in [-0.2, -0.15) is 0 Å². The second-order valence-electron chi connectivity index (χ2n) is 7.40. The van der Waals surface area contributed by atoms with Gasteiger partial charge in [-0.05, 0) is 50.1 Å². The van der Waals surface area contributed by atoms with Crippen molar-refractivity contribution in [3.8, 4) is 0 Å². The number of nitrogens with one attached hydrogen (secondary N) is 1. The van der Waals surface area contributed by atoms with Crippen molar-refractivity contribution in [3.63, 3.8) is 0 Å². The third-order valence-corrected chi connectivity index (χ3v) is 4.43. The minimum atomic E-state index is -0.0400. The van der Waals surface area contributed by atoms with Crippen LogP contribution in [0.25, 0.3) is 0 Å². The lowest BCUT2D eigenvalue weighted by Crippen LogP contribution is -2.38. The van der Waals surface area contributed by atoms with E-state index < -0.39 is 0 Å². The molecular formula is C16H30N2O2. The molecule has 20 heavy (non-hydrogen) atoms. The number of ether oxygens (including phenoxy) is 1. The third-order valence-electron chi connectivity index (χ3n) is 4.43. The van der Waals surface area contributed by atoms with E-state index in [0.29, 0.717) is 17.9 Å². The summed E-state index contributed by atoms with van der Waals surface area (Å²) in [6.45, 7) is 11.3. The number of nitrogens with zero attached hydrogens (tertiary/aromatic N) is 1. The molecular weight excluding hydrogens is 252 g/mol. The Hall–Kier alpha value is -0.610. The molecule has 0 spiro atoms. The summed E-state index contributed by atoms with van der Waals surface area (Å²) in [5.41, 5.74) is 0.301. The molecule has 2 unspecified atom stereocenters. The van der Waals surface area contributed by atoms with E-state index in [1.54, 1.807) is 0 Å². The lowest BCUT2D eigenvalue weighted by Gasteiger charge is -2.38. The molecule has 2 aliphatic rings. The first-order valence-corrected chi connectivity index (χ1v) is 8.07. The Morgan fingerprint density at radius 2 is 2.10 bits per heavy atom. The van der Waals surface area contributed by atoms with E-state index >= 15 is 0 Å². The molecule has 2 rings (SSSR count). The molecule has 0 aromatic rings. The van der Waals surface area contributed by atoms with Crippen LogP contribution in [0.1, 0.15) is 46.5 Å². The van der Waals surface area contributed by atoms with E-state index in [0.717, 1.165) is 45.4 Å². The molecule has 116 valence electrons. The maximum Gasteiger partial charge on any atom is 0.320 e. The van der Waals surface area contributed by atoms with Crippen molar-refractivity contribution >= 4 is 5.97 Å². The number of hydrogen-bond acceptors (Lipinski definition) is 4. The van der Waals surface area contributed by atoms with Crippen LogP contribution in [0.5, 0.6) is 0 Å². The maximum absolute atomic E-state index is 12.1. The van der Waals surface area contributed by atoms with Gasteiger partial charge < -0.3 is 10.1 Å². The highest BCUT2D eigenvalue weighted by molar-refractivity contribution is 5.71. The lowest BCUT2D eigenvalue weighted by molar-refractivity contribution is -0.154. The van der Waals surface area contributed by atoms with Crippen LogP contribution in [-0.4, -0.2) is 49.7 Å². The number of carbonyl (C=O) groups excluding carboxylic acids is 1. The first-order chi connectivity index (χ1) is 9.44. The Balaban J connectivity index is 1.78. The predicted molar refractivity (Wildman–Crippen MR) is 80.6 cm³/mol. The minimum Gasteiger partial charge on any atom is -0.461 e. The summed E-state index contributed by atoms with van der Waals surface area (Å²) in [4.78, 5) is 14.3. The fraction of sp³-hybridized carbons (Fsp3) is 0.938. The molecule has 4 nitrogen and oxygen atoms in total. The Labute approximate surface area is 123 Å². The normalized spacial score (nSPS) is 31.6. The summed E-state index contributed by atoms with van der Waals surface area (Å²) in [6, 6.07) is 0. The first-order valence-electron chi connectivity index (χ1n) is 8.07. The van der Waals surface area contributed by atoms with Crippen molar-refractivity contribution in [2.45, 2.75) is 52.6 Å². The lowest BCUT2D eigenvalue weighted by atomic mass is 9.71. The van der Waals surface area contributed by atoms with Gasteiger partial charge in [-0.25, -0.2) is 0 Å². The quantitative estimate of drug-likeness (QED) is 0.804. The summed E-state index contributed by atoms with van der Waals surface area (Å²) < 4.78 is 5.74. The number of carbonyl (C=O) groups is 1. The van der Waals surface area contributed by atoms with Crippen LogP contribution in [0.15, 0.2) is 0 Å². The van der Waals surface area contributed by atoms with Crippen LogP contribution < -0.4 is 5.32 Å². The van der Waals surface area contributed by atoms with Gasteiger partial charge in [0, 0.05) is 13.1 Å². The van der Waals surface area contributed by atoms with E-state index in [-0.39, 0.29) is 12.1 Å². The fourth-order valence-corrected chi connectivity index (χ4v) is 3.81. The van der Waals surface area contributed by atoms with Crippen LogP contribution >= 0.6 is 0 Å². The summed E-state index contributed by atoms with van der Waals surface area (Å²) in [6.07, 6.45) is 4.49. The molecule has 1 N–H and O–H groups in total. The van der Waals surface area contributed by atoms with Gasteiger partial charge in [0.1, 0.15) is 6.10 Å². The van der Waals surface area contributed by atoms with Gasteiger partial charge in [-0.1, -0.05) is 20.8 Å². The smallest absolute Gasteiger partial charge is 0.320 e. The molecule has 1 saturated carbocycles. The number of esters is 1. The Morgan fingerprint density at radius 1 is 1.30 bits per heavy atom. The van der Waals surface area contributed by atoms with Crippen molar-refractivity contribution in [3.05, 3.63) is 0 Å². The molecule has 1 aliphatic carbocycles. The largest absolute Gasteiger partial charge is 0.461 e. The second-order valence-corrected chi connectivity index (χ2v) is 7.40. The van der Waals surface area contributed by atoms with Gasteiger partial charge in [0.15, 0.2) is 0 Å². The standard InChI is InChI=1S/C16H30N2O2/c1-13-9-14(11-16(2,3)10-13)20-15(19)12-18-7-4-5-17-6-8-18/h13-14,17H,4-12H2,1-3H3. The van der Waals surface area contributed by atoms with Crippen molar-refractivity contribution < 1.29 is 9.53 Å². The summed E-state index contributed by atoms with van der Waals surface area (Å²) in [7, 11) is 0. The van der Waals surface area contributed by atoms with Crippen molar-refractivity contribution in [2.75, 3.05) is 32.7 Å². The van der Waals surface area contributed by atoms with Gasteiger partial charge >= 0.3 is 5.97 Å². The first kappa shape index (κ1) is 15.8. The summed E-state index contributed by atoms with van der Waals surface area (Å²) in [5.74, 6) is 0.612. The highest BCUT2D eigenvalue weighted by atomic mass is 16.5. The summed E-state index contributed by atoms with van der Waals surface area (Å²) >= 11 is 0. The van der Waals surface area contributed by atoms with Gasteiger partial charge in [0.2, 0.25) is 0 Å². The molecule has 0 aromatic heterocycles. The molecule has 1 aliphatic heterocycles. The Kier molecular flexibility index (Phi) is 5.44. The van der Waals surface area contributed by atoms with Gasteiger partial charge in [0.05, 0.1) is 6.54 Å². The van der Waals surface area contributed by atoms with Gasteiger partial charge in [-0.15, -0.1) is 0 Å². The van der Waals surface area contributed by atoms with Crippen molar-refractivity contribution in [1.82, 2.24) is 10.2 Å². The van der Waals surface area contributed by atoms with Crippen LogP contribution in [0.4, 0.5) is 0 Å². The second kappa shape index (κ2) is 6.90. The number of rotatable bonds is 3. The predicted octanol–water partition coefficient (Wildman–Crippen LogP) is 2.04. The highest BCUT2D eigenvalue weighted by Gasteiger charge is 2.34. The monoisotopic (exact) mass is 282 g/mol. The molecule has 2 atom stereocenters. The van der Waals surface area contributed by atoms with Crippen molar-refractivity contribution in [2.24, 2.45) is 11.3 Å². The van der Waals surface area contributed by atoms with Crippen LogP contribution in [0, 0.1) is 11.3 Å². The molecule has 1 saturated heterocycles. The van der Waals surface area contributed by atoms with Gasteiger partial charge in [-0.3, -0.25) is 9.69 Å². The molecule has 0 radical (unpaired) electrons. The SMILES string of the molecule is CC1CC(OC(=O)CN2CCCNCC2)CC(C)(C)C1. The van der Waals surface area contributed by atoms with Crippen molar-refractivity contribution in [1.29, 1.82) is 0 Å². The third kappa shape index (κ3) is 5.06. The van der Waals surface area contributed by atoms with E-state index in [1.807, 2.05) is 0 Å². The van der Waals surface area contributed by atoms with E-state index in [4.69, 9.17) is 4.74 Å². The zero-order valence-electron chi connectivity index (χ0n) is 13.3. The zero-order valence-corrected chi connectivity index (χ0v) is 13.3. The van der Waals surface area contributed by atoms with E-state index in [1.165, 1.54) is 6.42 Å². The van der Waals surface area contributed by atoms with Gasteiger partial charge in [0.25, 0.3) is 0 Å². The Morgan fingerprint density at radius 3 is 2.85 bits per heavy atom. The van der Waals surface area contributed by atoms with E-state index in [2.05, 4.69) is 31.0 Å². The molecule has 4 heteroatoms.